The van der Waals surface area contributed by atoms with Gasteiger partial charge in [0, 0.05) is 5.56 Å². The van der Waals surface area contributed by atoms with E-state index in [4.69, 9.17) is 21.1 Å². The van der Waals surface area contributed by atoms with Crippen molar-refractivity contribution in [3.8, 4) is 11.5 Å². The molecule has 0 saturated carbocycles. The zero-order chi connectivity index (χ0) is 22.8. The molecule has 0 atom stereocenters. The first-order chi connectivity index (χ1) is 14.8. The maximum Gasteiger partial charge on any atom is 0.269 e. The summed E-state index contributed by atoms with van der Waals surface area (Å²) in [4.78, 5) is 36.3. The Morgan fingerprint density at radius 2 is 1.74 bits per heavy atom. The van der Waals surface area contributed by atoms with Gasteiger partial charge >= 0.3 is 0 Å². The third-order valence-corrected chi connectivity index (χ3v) is 4.55. The zero-order valence-electron chi connectivity index (χ0n) is 17.7. The molecule has 0 saturated heterocycles. The van der Waals surface area contributed by atoms with Crippen LogP contribution in [0.25, 0.3) is 0 Å². The van der Waals surface area contributed by atoms with E-state index in [9.17, 15) is 14.4 Å². The molecule has 8 nitrogen and oxygen atoms in total. The maximum atomic E-state index is 12.3. The van der Waals surface area contributed by atoms with E-state index in [0.29, 0.717) is 24.0 Å². The summed E-state index contributed by atoms with van der Waals surface area (Å²) >= 11 is 5.94. The second-order valence-electron chi connectivity index (χ2n) is 7.06. The van der Waals surface area contributed by atoms with Gasteiger partial charge in [0.2, 0.25) is 0 Å². The first kappa shape index (κ1) is 24.0. The normalized spacial score (nSPS) is 10.4. The molecule has 2 aromatic rings. The number of ether oxygens (including phenoxy) is 2. The van der Waals surface area contributed by atoms with Crippen LogP contribution in [0.5, 0.6) is 11.5 Å². The number of amides is 3. The van der Waals surface area contributed by atoms with E-state index < -0.39 is 17.7 Å². The zero-order valence-corrected chi connectivity index (χ0v) is 18.4. The third-order valence-electron chi connectivity index (χ3n) is 4.22. The molecule has 0 radical (unpaired) electrons. The van der Waals surface area contributed by atoms with Crippen molar-refractivity contribution in [2.45, 2.75) is 20.3 Å². The van der Waals surface area contributed by atoms with E-state index >= 15 is 0 Å². The Morgan fingerprint density at radius 3 is 2.42 bits per heavy atom. The number of nitrogens with one attached hydrogen (secondary N) is 3. The Balaban J connectivity index is 1.85. The van der Waals surface area contributed by atoms with Gasteiger partial charge in [0.15, 0.2) is 11.5 Å². The van der Waals surface area contributed by atoms with Gasteiger partial charge in [-0.1, -0.05) is 37.6 Å². The molecule has 3 amide bonds. The predicted molar refractivity (Wildman–Crippen MR) is 117 cm³/mol. The quantitative estimate of drug-likeness (QED) is 0.512. The van der Waals surface area contributed by atoms with Crippen molar-refractivity contribution in [3.63, 3.8) is 0 Å². The standard InChI is InChI=1S/C22H26ClN3O5/c1-14(2)10-11-31-18-9-8-15(12-19(18)30-3)21(28)26-25-20(27)13-24-22(29)16-6-4-5-7-17(16)23/h4-9,12,14H,10-11,13H2,1-3H3,(H,24,29)(H,25,27)(H,26,28). The van der Waals surface area contributed by atoms with Gasteiger partial charge < -0.3 is 14.8 Å². The van der Waals surface area contributed by atoms with Crippen LogP contribution in [0.15, 0.2) is 42.5 Å². The minimum Gasteiger partial charge on any atom is -0.493 e. The van der Waals surface area contributed by atoms with Crippen molar-refractivity contribution in [3.05, 3.63) is 58.6 Å². The van der Waals surface area contributed by atoms with Gasteiger partial charge in [0.1, 0.15) is 0 Å². The van der Waals surface area contributed by atoms with Crippen LogP contribution in [0.2, 0.25) is 5.02 Å². The number of rotatable bonds is 9. The van der Waals surface area contributed by atoms with Crippen molar-refractivity contribution < 1.29 is 23.9 Å². The molecule has 0 fully saturated rings. The van der Waals surface area contributed by atoms with Crippen molar-refractivity contribution in [2.24, 2.45) is 5.92 Å². The molecule has 0 aromatic heterocycles. The lowest BCUT2D eigenvalue weighted by atomic mass is 10.1. The van der Waals surface area contributed by atoms with Crippen LogP contribution in [-0.2, 0) is 4.79 Å². The number of carbonyl (C=O) groups is 3. The highest BCUT2D eigenvalue weighted by Gasteiger charge is 2.14. The number of methoxy groups -OCH3 is 1. The van der Waals surface area contributed by atoms with Gasteiger partial charge in [0.05, 0.1) is 30.8 Å². The molecule has 9 heteroatoms. The van der Waals surface area contributed by atoms with Crippen molar-refractivity contribution >= 4 is 29.3 Å². The van der Waals surface area contributed by atoms with Crippen LogP contribution in [0.1, 0.15) is 41.0 Å². The van der Waals surface area contributed by atoms with Crippen LogP contribution >= 0.6 is 11.6 Å². The monoisotopic (exact) mass is 447 g/mol. The number of carbonyl (C=O) groups excluding carboxylic acids is 3. The van der Waals surface area contributed by atoms with Gasteiger partial charge in [-0.15, -0.1) is 0 Å². The Hall–Kier alpha value is -3.26. The topological polar surface area (TPSA) is 106 Å². The van der Waals surface area contributed by atoms with Gasteiger partial charge in [-0.05, 0) is 42.7 Å². The molecule has 2 rings (SSSR count). The lowest BCUT2D eigenvalue weighted by Gasteiger charge is -2.13. The van der Waals surface area contributed by atoms with Crippen LogP contribution in [-0.4, -0.2) is 38.0 Å². The largest absolute Gasteiger partial charge is 0.493 e. The molecule has 0 spiro atoms. The molecule has 0 heterocycles. The summed E-state index contributed by atoms with van der Waals surface area (Å²) in [7, 11) is 1.48. The average molecular weight is 448 g/mol. The molecule has 0 aliphatic rings. The summed E-state index contributed by atoms with van der Waals surface area (Å²) in [5.41, 5.74) is 5.06. The Morgan fingerprint density at radius 1 is 1.00 bits per heavy atom. The lowest BCUT2D eigenvalue weighted by Crippen LogP contribution is -2.46. The molecular formula is C22H26ClN3O5. The lowest BCUT2D eigenvalue weighted by molar-refractivity contribution is -0.120. The minimum atomic E-state index is -0.602. The highest BCUT2D eigenvalue weighted by atomic mass is 35.5. The summed E-state index contributed by atoms with van der Waals surface area (Å²) in [5.74, 6) is -0.188. The predicted octanol–water partition coefficient (Wildman–Crippen LogP) is 2.96. The minimum absolute atomic E-state index is 0.254. The number of hydrogen-bond donors (Lipinski definition) is 3. The van der Waals surface area contributed by atoms with E-state index in [1.54, 1.807) is 36.4 Å². The van der Waals surface area contributed by atoms with Crippen molar-refractivity contribution in [2.75, 3.05) is 20.3 Å². The third kappa shape index (κ3) is 7.49. The van der Waals surface area contributed by atoms with E-state index in [2.05, 4.69) is 30.0 Å². The van der Waals surface area contributed by atoms with E-state index in [1.807, 2.05) is 0 Å². The molecule has 0 aliphatic heterocycles. The summed E-state index contributed by atoms with van der Waals surface area (Å²) in [6.07, 6.45) is 0.893. The van der Waals surface area contributed by atoms with E-state index in [1.165, 1.54) is 13.2 Å². The van der Waals surface area contributed by atoms with Gasteiger partial charge in [-0.3, -0.25) is 25.2 Å². The van der Waals surface area contributed by atoms with E-state index in [-0.39, 0.29) is 22.7 Å². The van der Waals surface area contributed by atoms with E-state index in [0.717, 1.165) is 6.42 Å². The number of hydrazine groups is 1. The van der Waals surface area contributed by atoms with Crippen LogP contribution < -0.4 is 25.6 Å². The maximum absolute atomic E-state index is 12.3. The summed E-state index contributed by atoms with van der Waals surface area (Å²) < 4.78 is 11.0. The summed E-state index contributed by atoms with van der Waals surface area (Å²) in [5, 5.41) is 2.71. The fourth-order valence-electron chi connectivity index (χ4n) is 2.48. The first-order valence-corrected chi connectivity index (χ1v) is 10.1. The molecule has 0 aliphatic carbocycles. The van der Waals surface area contributed by atoms with Gasteiger partial charge in [0.25, 0.3) is 17.7 Å². The molecule has 166 valence electrons. The van der Waals surface area contributed by atoms with Crippen LogP contribution in [0.4, 0.5) is 0 Å². The number of hydrogen-bond acceptors (Lipinski definition) is 5. The van der Waals surface area contributed by atoms with Gasteiger partial charge in [-0.25, -0.2) is 0 Å². The Bertz CT molecular complexity index is 933. The van der Waals surface area contributed by atoms with Crippen molar-refractivity contribution in [1.29, 1.82) is 0 Å². The number of benzene rings is 2. The molecule has 0 bridgehead atoms. The summed E-state index contributed by atoms with van der Waals surface area (Å²) in [6.45, 7) is 4.40. The molecule has 31 heavy (non-hydrogen) atoms. The van der Waals surface area contributed by atoms with Gasteiger partial charge in [-0.2, -0.15) is 0 Å². The van der Waals surface area contributed by atoms with Crippen LogP contribution in [0, 0.1) is 5.92 Å². The highest BCUT2D eigenvalue weighted by Crippen LogP contribution is 2.28. The van der Waals surface area contributed by atoms with Crippen molar-refractivity contribution in [1.82, 2.24) is 16.2 Å². The average Bonchev–Trinajstić information content (AvgIpc) is 2.76. The Labute approximate surface area is 186 Å². The Kier molecular flexibility index (Phi) is 9.14. The van der Waals surface area contributed by atoms with Crippen LogP contribution in [0.3, 0.4) is 0 Å². The molecule has 3 N–H and O–H groups in total. The SMILES string of the molecule is COc1cc(C(=O)NNC(=O)CNC(=O)c2ccccc2Cl)ccc1OCCC(C)C. The second-order valence-corrected chi connectivity index (χ2v) is 7.47. The number of halogens is 1. The first-order valence-electron chi connectivity index (χ1n) is 9.74. The highest BCUT2D eigenvalue weighted by molar-refractivity contribution is 6.33. The molecular weight excluding hydrogens is 422 g/mol. The smallest absolute Gasteiger partial charge is 0.269 e. The molecule has 2 aromatic carbocycles. The molecule has 0 unspecified atom stereocenters. The second kappa shape index (κ2) is 11.8. The fourth-order valence-corrected chi connectivity index (χ4v) is 2.70. The summed E-state index contributed by atoms with van der Waals surface area (Å²) in [6, 6.07) is 11.2. The fraction of sp³-hybridized carbons (Fsp3) is 0.318.